The van der Waals surface area contributed by atoms with Crippen LogP contribution in [-0.4, -0.2) is 12.0 Å². The molecule has 0 bridgehead atoms. The summed E-state index contributed by atoms with van der Waals surface area (Å²) in [4.78, 5) is 4.44. The molecule has 21 heavy (non-hydrogen) atoms. The van der Waals surface area contributed by atoms with Crippen LogP contribution in [0.4, 0.5) is 0 Å². The first-order valence-corrected chi connectivity index (χ1v) is 8.12. The Hall–Kier alpha value is -1.46. The summed E-state index contributed by atoms with van der Waals surface area (Å²) in [6, 6.07) is 19.3. The molecular weight excluding hydrogens is 371 g/mol. The van der Waals surface area contributed by atoms with Crippen molar-refractivity contribution in [2.45, 2.75) is 12.5 Å². The van der Waals surface area contributed by atoms with Gasteiger partial charge >= 0.3 is 0 Å². The van der Waals surface area contributed by atoms with Crippen molar-refractivity contribution in [1.82, 2.24) is 10.3 Å². The Morgan fingerprint density at radius 1 is 1.05 bits per heavy atom. The molecule has 0 spiro atoms. The Kier molecular flexibility index (Phi) is 4.51. The predicted octanol–water partition coefficient (Wildman–Crippen LogP) is 4.34. The third-order valence-electron chi connectivity index (χ3n) is 3.79. The van der Waals surface area contributed by atoms with Crippen LogP contribution < -0.4 is 5.32 Å². The summed E-state index contributed by atoms with van der Waals surface area (Å²) in [5.41, 5.74) is 3.74. The number of fused-ring (bicyclic) bond motifs is 1. The standard InChI is InChI=1S/C18H17IN2/c1-20-18(15-7-2-4-8-16(15)19)12-13-10-11-21-17-9-5-3-6-14(13)17/h2-11,18,20H,12H2,1H3. The van der Waals surface area contributed by atoms with E-state index in [9.17, 15) is 0 Å². The minimum absolute atomic E-state index is 0.309. The van der Waals surface area contributed by atoms with Gasteiger partial charge in [-0.3, -0.25) is 4.98 Å². The highest BCUT2D eigenvalue weighted by atomic mass is 127. The fourth-order valence-corrected chi connectivity index (χ4v) is 3.44. The number of benzene rings is 2. The highest BCUT2D eigenvalue weighted by Gasteiger charge is 2.14. The highest BCUT2D eigenvalue weighted by Crippen LogP contribution is 2.26. The van der Waals surface area contributed by atoms with Gasteiger partial charge in [0.15, 0.2) is 0 Å². The summed E-state index contributed by atoms with van der Waals surface area (Å²) in [6.07, 6.45) is 2.86. The molecule has 0 amide bonds. The maximum absolute atomic E-state index is 4.44. The number of para-hydroxylation sites is 1. The summed E-state index contributed by atoms with van der Waals surface area (Å²) >= 11 is 2.41. The van der Waals surface area contributed by atoms with E-state index in [4.69, 9.17) is 0 Å². The molecule has 1 unspecified atom stereocenters. The van der Waals surface area contributed by atoms with Crippen molar-refractivity contribution in [3.8, 4) is 0 Å². The molecule has 3 aromatic rings. The molecule has 1 N–H and O–H groups in total. The Bertz CT molecular complexity index is 750. The molecule has 0 fully saturated rings. The monoisotopic (exact) mass is 388 g/mol. The second-order valence-corrected chi connectivity index (χ2v) is 6.22. The first-order chi connectivity index (χ1) is 10.3. The topological polar surface area (TPSA) is 24.9 Å². The van der Waals surface area contributed by atoms with Gasteiger partial charge in [0.05, 0.1) is 5.52 Å². The molecule has 3 rings (SSSR count). The van der Waals surface area contributed by atoms with E-state index in [2.05, 4.69) is 81.4 Å². The normalized spacial score (nSPS) is 12.5. The van der Waals surface area contributed by atoms with Gasteiger partial charge in [0, 0.05) is 21.2 Å². The number of pyridine rings is 1. The van der Waals surface area contributed by atoms with E-state index < -0.39 is 0 Å². The van der Waals surface area contributed by atoms with Crippen molar-refractivity contribution in [1.29, 1.82) is 0 Å². The molecule has 2 nitrogen and oxygen atoms in total. The molecule has 2 aromatic carbocycles. The average molecular weight is 388 g/mol. The maximum atomic E-state index is 4.44. The predicted molar refractivity (Wildman–Crippen MR) is 96.4 cm³/mol. The van der Waals surface area contributed by atoms with Crippen LogP contribution in [0.5, 0.6) is 0 Å². The van der Waals surface area contributed by atoms with Gasteiger partial charge in [-0.05, 0) is 65.4 Å². The van der Waals surface area contributed by atoms with Gasteiger partial charge in [0.1, 0.15) is 0 Å². The van der Waals surface area contributed by atoms with E-state index in [0.717, 1.165) is 11.9 Å². The molecule has 0 aliphatic heterocycles. The van der Waals surface area contributed by atoms with Crippen molar-refractivity contribution in [2.24, 2.45) is 0 Å². The fourth-order valence-electron chi connectivity index (χ4n) is 2.68. The zero-order chi connectivity index (χ0) is 14.7. The number of halogens is 1. The van der Waals surface area contributed by atoms with Gasteiger partial charge in [0.2, 0.25) is 0 Å². The first kappa shape index (κ1) is 14.5. The Morgan fingerprint density at radius 3 is 2.62 bits per heavy atom. The lowest BCUT2D eigenvalue weighted by atomic mass is 9.97. The molecule has 0 radical (unpaired) electrons. The van der Waals surface area contributed by atoms with E-state index in [1.54, 1.807) is 0 Å². The number of rotatable bonds is 4. The third kappa shape index (κ3) is 3.09. The van der Waals surface area contributed by atoms with E-state index in [1.807, 2.05) is 19.3 Å². The molecule has 0 saturated heterocycles. The van der Waals surface area contributed by atoms with Gasteiger partial charge < -0.3 is 5.32 Å². The minimum Gasteiger partial charge on any atom is -0.313 e. The molecule has 1 aromatic heterocycles. The minimum atomic E-state index is 0.309. The third-order valence-corrected chi connectivity index (χ3v) is 4.77. The van der Waals surface area contributed by atoms with Crippen molar-refractivity contribution in [3.63, 3.8) is 0 Å². The summed E-state index contributed by atoms with van der Waals surface area (Å²) in [5, 5.41) is 4.69. The number of hydrogen-bond donors (Lipinski definition) is 1. The smallest absolute Gasteiger partial charge is 0.0704 e. The number of aromatic nitrogens is 1. The molecule has 0 aliphatic carbocycles. The van der Waals surface area contributed by atoms with Crippen LogP contribution in [0.15, 0.2) is 60.8 Å². The first-order valence-electron chi connectivity index (χ1n) is 7.04. The number of likely N-dealkylation sites (N-methyl/N-ethyl adjacent to an activating group) is 1. The second-order valence-electron chi connectivity index (χ2n) is 5.05. The molecule has 0 saturated carbocycles. The lowest BCUT2D eigenvalue weighted by Gasteiger charge is -2.19. The lowest BCUT2D eigenvalue weighted by molar-refractivity contribution is 0.591. The van der Waals surface area contributed by atoms with E-state index in [1.165, 1.54) is 20.1 Å². The van der Waals surface area contributed by atoms with E-state index in [-0.39, 0.29) is 0 Å². The van der Waals surface area contributed by atoms with E-state index in [0.29, 0.717) is 6.04 Å². The highest BCUT2D eigenvalue weighted by molar-refractivity contribution is 14.1. The van der Waals surface area contributed by atoms with Crippen LogP contribution in [0.25, 0.3) is 10.9 Å². The van der Waals surface area contributed by atoms with Crippen LogP contribution in [0.1, 0.15) is 17.2 Å². The van der Waals surface area contributed by atoms with Gasteiger partial charge in [-0.2, -0.15) is 0 Å². The van der Waals surface area contributed by atoms with E-state index >= 15 is 0 Å². The van der Waals surface area contributed by atoms with Crippen LogP contribution >= 0.6 is 22.6 Å². The number of nitrogens with zero attached hydrogens (tertiary/aromatic N) is 1. The second kappa shape index (κ2) is 6.54. The van der Waals surface area contributed by atoms with Crippen LogP contribution in [-0.2, 0) is 6.42 Å². The maximum Gasteiger partial charge on any atom is 0.0704 e. The van der Waals surface area contributed by atoms with Crippen molar-refractivity contribution < 1.29 is 0 Å². The van der Waals surface area contributed by atoms with Gasteiger partial charge in [-0.15, -0.1) is 0 Å². The van der Waals surface area contributed by atoms with Crippen molar-refractivity contribution in [3.05, 3.63) is 75.5 Å². The Morgan fingerprint density at radius 2 is 1.81 bits per heavy atom. The molecular formula is C18H17IN2. The van der Waals surface area contributed by atoms with Crippen LogP contribution in [0.3, 0.4) is 0 Å². The Labute approximate surface area is 138 Å². The molecule has 1 atom stereocenters. The van der Waals surface area contributed by atoms with Gasteiger partial charge in [0.25, 0.3) is 0 Å². The lowest BCUT2D eigenvalue weighted by Crippen LogP contribution is -2.20. The largest absolute Gasteiger partial charge is 0.313 e. The summed E-state index contributed by atoms with van der Waals surface area (Å²) < 4.78 is 1.30. The van der Waals surface area contributed by atoms with Crippen LogP contribution in [0, 0.1) is 3.57 Å². The molecule has 106 valence electrons. The SMILES string of the molecule is CNC(Cc1ccnc2ccccc12)c1ccccc1I. The summed E-state index contributed by atoms with van der Waals surface area (Å²) in [5.74, 6) is 0. The quantitative estimate of drug-likeness (QED) is 0.673. The zero-order valence-corrected chi connectivity index (χ0v) is 14.0. The molecule has 3 heteroatoms. The van der Waals surface area contributed by atoms with Gasteiger partial charge in [-0.25, -0.2) is 0 Å². The summed E-state index contributed by atoms with van der Waals surface area (Å²) in [6.45, 7) is 0. The summed E-state index contributed by atoms with van der Waals surface area (Å²) in [7, 11) is 2.02. The van der Waals surface area contributed by atoms with Gasteiger partial charge in [-0.1, -0.05) is 36.4 Å². The van der Waals surface area contributed by atoms with Crippen LogP contribution in [0.2, 0.25) is 0 Å². The fraction of sp³-hybridized carbons (Fsp3) is 0.167. The van der Waals surface area contributed by atoms with Crippen molar-refractivity contribution >= 4 is 33.5 Å². The zero-order valence-electron chi connectivity index (χ0n) is 11.9. The Balaban J connectivity index is 1.98. The molecule has 0 aliphatic rings. The number of nitrogens with one attached hydrogen (secondary N) is 1. The molecule has 1 heterocycles. The average Bonchev–Trinajstić information content (AvgIpc) is 2.53. The number of hydrogen-bond acceptors (Lipinski definition) is 2. The van der Waals surface area contributed by atoms with Crippen molar-refractivity contribution in [2.75, 3.05) is 7.05 Å².